The molecule has 0 radical (unpaired) electrons. The number of methoxy groups -OCH3 is 1. The molecular formula is C18H29N3O3. The monoisotopic (exact) mass is 335 g/mol. The van der Waals surface area contributed by atoms with Gasteiger partial charge in [0.25, 0.3) is 0 Å². The number of benzene rings is 1. The van der Waals surface area contributed by atoms with Crippen LogP contribution in [0.15, 0.2) is 24.3 Å². The van der Waals surface area contributed by atoms with E-state index < -0.39 is 0 Å². The molecule has 0 bridgehead atoms. The van der Waals surface area contributed by atoms with Crippen LogP contribution in [0.4, 0.5) is 4.79 Å². The van der Waals surface area contributed by atoms with E-state index in [2.05, 4.69) is 34.2 Å². The third kappa shape index (κ3) is 5.11. The van der Waals surface area contributed by atoms with Gasteiger partial charge < -0.3 is 19.7 Å². The van der Waals surface area contributed by atoms with Gasteiger partial charge >= 0.3 is 6.09 Å². The topological polar surface area (TPSA) is 54.0 Å². The van der Waals surface area contributed by atoms with E-state index >= 15 is 0 Å². The van der Waals surface area contributed by atoms with Gasteiger partial charge in [0.15, 0.2) is 0 Å². The Kier molecular flexibility index (Phi) is 7.34. The molecule has 134 valence electrons. The molecule has 1 amide bonds. The average molecular weight is 335 g/mol. The van der Waals surface area contributed by atoms with Crippen molar-refractivity contribution < 1.29 is 14.3 Å². The second kappa shape index (κ2) is 9.49. The van der Waals surface area contributed by atoms with Gasteiger partial charge in [-0.05, 0) is 31.2 Å². The van der Waals surface area contributed by atoms with Gasteiger partial charge in [-0.25, -0.2) is 4.79 Å². The number of hydrogen-bond acceptors (Lipinski definition) is 5. The highest BCUT2D eigenvalue weighted by atomic mass is 16.5. The van der Waals surface area contributed by atoms with E-state index in [1.807, 2.05) is 19.1 Å². The van der Waals surface area contributed by atoms with Crippen LogP contribution in [0.5, 0.6) is 5.75 Å². The largest absolute Gasteiger partial charge is 0.497 e. The van der Waals surface area contributed by atoms with E-state index in [1.54, 1.807) is 7.11 Å². The fraction of sp³-hybridized carbons (Fsp3) is 0.611. The minimum Gasteiger partial charge on any atom is -0.497 e. The van der Waals surface area contributed by atoms with Crippen molar-refractivity contribution >= 4 is 6.09 Å². The molecule has 1 saturated heterocycles. The number of alkyl carbamates (subject to hydrolysis) is 1. The highest BCUT2D eigenvalue weighted by Crippen LogP contribution is 2.24. The number of amides is 1. The van der Waals surface area contributed by atoms with Crippen molar-refractivity contribution in [1.29, 1.82) is 0 Å². The Morgan fingerprint density at radius 1 is 1.17 bits per heavy atom. The summed E-state index contributed by atoms with van der Waals surface area (Å²) >= 11 is 0. The van der Waals surface area contributed by atoms with Gasteiger partial charge in [-0.3, -0.25) is 4.90 Å². The first kappa shape index (κ1) is 18.5. The summed E-state index contributed by atoms with van der Waals surface area (Å²) in [6.45, 7) is 10.1. The predicted molar refractivity (Wildman–Crippen MR) is 94.4 cm³/mol. The minimum absolute atomic E-state index is 0.138. The lowest BCUT2D eigenvalue weighted by Crippen LogP contribution is -2.49. The van der Waals surface area contributed by atoms with E-state index in [4.69, 9.17) is 9.47 Å². The fourth-order valence-electron chi connectivity index (χ4n) is 3.04. The molecule has 1 N–H and O–H groups in total. The van der Waals surface area contributed by atoms with E-state index in [9.17, 15) is 4.79 Å². The molecule has 24 heavy (non-hydrogen) atoms. The molecule has 2 rings (SSSR count). The van der Waals surface area contributed by atoms with E-state index in [1.165, 1.54) is 5.56 Å². The van der Waals surface area contributed by atoms with Crippen LogP contribution in [0.3, 0.4) is 0 Å². The van der Waals surface area contributed by atoms with Gasteiger partial charge in [-0.15, -0.1) is 0 Å². The lowest BCUT2D eigenvalue weighted by Gasteiger charge is -2.39. The van der Waals surface area contributed by atoms with Crippen LogP contribution in [-0.4, -0.2) is 68.9 Å². The van der Waals surface area contributed by atoms with Crippen molar-refractivity contribution in [2.24, 2.45) is 0 Å². The fourth-order valence-corrected chi connectivity index (χ4v) is 3.04. The maximum atomic E-state index is 11.7. The number of carbonyl (C=O) groups is 1. The van der Waals surface area contributed by atoms with Crippen molar-refractivity contribution in [3.8, 4) is 5.75 Å². The average Bonchev–Trinajstić information content (AvgIpc) is 2.63. The number of ether oxygens (including phenoxy) is 2. The Morgan fingerprint density at radius 2 is 1.83 bits per heavy atom. The molecule has 0 spiro atoms. The third-order valence-corrected chi connectivity index (χ3v) is 4.51. The van der Waals surface area contributed by atoms with Gasteiger partial charge in [0, 0.05) is 32.7 Å². The molecule has 1 heterocycles. The summed E-state index contributed by atoms with van der Waals surface area (Å²) in [6, 6.07) is 8.22. The molecule has 6 heteroatoms. The number of nitrogens with zero attached hydrogens (tertiary/aromatic N) is 2. The van der Waals surface area contributed by atoms with Gasteiger partial charge in [0.05, 0.1) is 19.8 Å². The summed E-state index contributed by atoms with van der Waals surface area (Å²) in [6.07, 6.45) is -0.358. The normalized spacial score (nSPS) is 17.3. The lowest BCUT2D eigenvalue weighted by molar-refractivity contribution is 0.0951. The number of nitrogens with one attached hydrogen (secondary N) is 1. The smallest absolute Gasteiger partial charge is 0.407 e. The SMILES string of the molecule is CCOC(=O)NCC(c1ccc(OC)cc1)N1CCN(CC)CC1. The first-order valence-corrected chi connectivity index (χ1v) is 8.68. The molecule has 1 fully saturated rings. The summed E-state index contributed by atoms with van der Waals surface area (Å²) in [5.74, 6) is 0.839. The molecule has 0 saturated carbocycles. The zero-order valence-corrected chi connectivity index (χ0v) is 15.0. The first-order valence-electron chi connectivity index (χ1n) is 8.68. The van der Waals surface area contributed by atoms with E-state index in [0.29, 0.717) is 13.2 Å². The van der Waals surface area contributed by atoms with Crippen LogP contribution in [0.25, 0.3) is 0 Å². The van der Waals surface area contributed by atoms with Crippen LogP contribution >= 0.6 is 0 Å². The highest BCUT2D eigenvalue weighted by molar-refractivity contribution is 5.67. The summed E-state index contributed by atoms with van der Waals surface area (Å²) in [5.41, 5.74) is 1.18. The van der Waals surface area contributed by atoms with Crippen LogP contribution in [0.2, 0.25) is 0 Å². The van der Waals surface area contributed by atoms with Gasteiger partial charge in [-0.2, -0.15) is 0 Å². The summed E-state index contributed by atoms with van der Waals surface area (Å²) in [4.78, 5) is 16.6. The lowest BCUT2D eigenvalue weighted by atomic mass is 10.0. The molecule has 1 unspecified atom stereocenters. The molecule has 6 nitrogen and oxygen atoms in total. The molecule has 0 aliphatic carbocycles. The highest BCUT2D eigenvalue weighted by Gasteiger charge is 2.25. The predicted octanol–water partition coefficient (Wildman–Crippen LogP) is 2.12. The molecule has 1 aromatic rings. The van der Waals surface area contributed by atoms with Crippen LogP contribution in [0.1, 0.15) is 25.5 Å². The zero-order valence-electron chi connectivity index (χ0n) is 15.0. The first-order chi connectivity index (χ1) is 11.7. The summed E-state index contributed by atoms with van der Waals surface area (Å²) in [5, 5.41) is 2.89. The van der Waals surface area contributed by atoms with Gasteiger partial charge in [-0.1, -0.05) is 19.1 Å². The number of hydrogen-bond donors (Lipinski definition) is 1. The molecular weight excluding hydrogens is 306 g/mol. The maximum Gasteiger partial charge on any atom is 0.407 e. The number of piperazine rings is 1. The molecule has 1 aliphatic heterocycles. The quantitative estimate of drug-likeness (QED) is 0.827. The molecule has 1 aromatic carbocycles. The number of likely N-dealkylation sites (N-methyl/N-ethyl adjacent to an activating group) is 1. The summed E-state index contributed by atoms with van der Waals surface area (Å²) < 4.78 is 10.2. The minimum atomic E-state index is -0.358. The summed E-state index contributed by atoms with van der Waals surface area (Å²) in [7, 11) is 1.67. The van der Waals surface area contributed by atoms with Crippen molar-refractivity contribution in [3.63, 3.8) is 0 Å². The maximum absolute atomic E-state index is 11.7. The Bertz CT molecular complexity index is 499. The van der Waals surface area contributed by atoms with Crippen molar-refractivity contribution in [2.75, 3.05) is 53.0 Å². The molecule has 0 aromatic heterocycles. The standard InChI is InChI=1S/C18H29N3O3/c1-4-20-10-12-21(13-11-20)17(14-19-18(22)24-5-2)15-6-8-16(23-3)9-7-15/h6-9,17H,4-5,10-14H2,1-3H3,(H,19,22). The second-order valence-corrected chi connectivity index (χ2v) is 5.86. The third-order valence-electron chi connectivity index (χ3n) is 4.51. The van der Waals surface area contributed by atoms with Gasteiger partial charge in [0.2, 0.25) is 0 Å². The Morgan fingerprint density at radius 3 is 2.38 bits per heavy atom. The second-order valence-electron chi connectivity index (χ2n) is 5.86. The zero-order chi connectivity index (χ0) is 17.4. The van der Waals surface area contributed by atoms with Crippen LogP contribution in [0, 0.1) is 0 Å². The molecule has 1 atom stereocenters. The molecule has 1 aliphatic rings. The van der Waals surface area contributed by atoms with Crippen molar-refractivity contribution in [2.45, 2.75) is 19.9 Å². The van der Waals surface area contributed by atoms with Crippen LogP contribution in [-0.2, 0) is 4.74 Å². The number of rotatable bonds is 7. The van der Waals surface area contributed by atoms with Crippen molar-refractivity contribution in [1.82, 2.24) is 15.1 Å². The van der Waals surface area contributed by atoms with E-state index in [0.717, 1.165) is 38.5 Å². The van der Waals surface area contributed by atoms with Crippen LogP contribution < -0.4 is 10.1 Å². The van der Waals surface area contributed by atoms with Gasteiger partial charge in [0.1, 0.15) is 5.75 Å². The van der Waals surface area contributed by atoms with E-state index in [-0.39, 0.29) is 12.1 Å². The van der Waals surface area contributed by atoms with Crippen molar-refractivity contribution in [3.05, 3.63) is 29.8 Å². The Balaban J connectivity index is 2.06. The Hall–Kier alpha value is -1.79. The Labute approximate surface area is 144 Å². The number of carbonyl (C=O) groups excluding carboxylic acids is 1.